The van der Waals surface area contributed by atoms with Crippen molar-refractivity contribution in [1.82, 2.24) is 4.31 Å². The van der Waals surface area contributed by atoms with Crippen molar-refractivity contribution in [1.29, 1.82) is 0 Å². The molecule has 7 nitrogen and oxygen atoms in total. The van der Waals surface area contributed by atoms with E-state index in [2.05, 4.69) is 5.32 Å². The third kappa shape index (κ3) is 5.57. The predicted molar refractivity (Wildman–Crippen MR) is 139 cm³/mol. The lowest BCUT2D eigenvalue weighted by atomic mass is 9.97. The minimum Gasteiger partial charge on any atom is -0.497 e. The molecular weight excluding hydrogens is 523 g/mol. The number of ether oxygens (including phenoxy) is 1. The number of sulfonamides is 1. The lowest BCUT2D eigenvalue weighted by Gasteiger charge is -2.31. The van der Waals surface area contributed by atoms with Gasteiger partial charge in [0.1, 0.15) is 5.75 Å². The Balaban J connectivity index is 1.54. The molecule has 1 atom stereocenters. The van der Waals surface area contributed by atoms with Gasteiger partial charge in [-0.3, -0.25) is 9.59 Å². The van der Waals surface area contributed by atoms with Crippen LogP contribution >= 0.6 is 23.2 Å². The van der Waals surface area contributed by atoms with Gasteiger partial charge in [0.15, 0.2) is 5.78 Å². The largest absolute Gasteiger partial charge is 0.497 e. The zero-order valence-corrected chi connectivity index (χ0v) is 21.7. The molecular formula is C26H24Cl2N2O5S. The van der Waals surface area contributed by atoms with Crippen molar-refractivity contribution in [2.24, 2.45) is 5.92 Å². The Morgan fingerprint density at radius 2 is 1.72 bits per heavy atom. The summed E-state index contributed by atoms with van der Waals surface area (Å²) in [6, 6.07) is 17.4. The van der Waals surface area contributed by atoms with Gasteiger partial charge in [0.25, 0.3) is 0 Å². The van der Waals surface area contributed by atoms with Crippen molar-refractivity contribution in [2.75, 3.05) is 25.5 Å². The van der Waals surface area contributed by atoms with Gasteiger partial charge in [0, 0.05) is 29.2 Å². The van der Waals surface area contributed by atoms with Gasteiger partial charge >= 0.3 is 0 Å². The van der Waals surface area contributed by atoms with Crippen LogP contribution in [0.4, 0.5) is 5.69 Å². The van der Waals surface area contributed by atoms with E-state index in [0.29, 0.717) is 30.2 Å². The van der Waals surface area contributed by atoms with Crippen molar-refractivity contribution in [2.45, 2.75) is 17.7 Å². The van der Waals surface area contributed by atoms with Crippen LogP contribution in [0.1, 0.15) is 28.8 Å². The second kappa shape index (κ2) is 11.0. The summed E-state index contributed by atoms with van der Waals surface area (Å²) in [5, 5.41) is 3.42. The number of methoxy groups -OCH3 is 1. The predicted octanol–water partition coefficient (Wildman–Crippen LogP) is 5.27. The summed E-state index contributed by atoms with van der Waals surface area (Å²) in [6.07, 6.45) is 1.04. The molecule has 10 heteroatoms. The standard InChI is InChI=1S/C26H24Cl2N2O5S/c1-35-19-9-11-20(12-10-19)36(33,34)30-14-4-5-17(16-30)26(32)29-24-13-8-18(27)15-22(24)25(31)21-6-2-3-7-23(21)28/h2-3,6-13,15,17H,4-5,14,16H2,1H3,(H,29,32). The second-order valence-electron chi connectivity index (χ2n) is 8.37. The van der Waals surface area contributed by atoms with Crippen LogP contribution in [0.5, 0.6) is 5.75 Å². The van der Waals surface area contributed by atoms with Crippen molar-refractivity contribution >= 4 is 50.6 Å². The first-order chi connectivity index (χ1) is 17.2. The molecule has 1 amide bonds. The van der Waals surface area contributed by atoms with E-state index in [-0.39, 0.29) is 45.0 Å². The smallest absolute Gasteiger partial charge is 0.243 e. The van der Waals surface area contributed by atoms with Crippen molar-refractivity contribution in [3.05, 3.63) is 87.9 Å². The Kier molecular flexibility index (Phi) is 8.00. The molecule has 0 aliphatic carbocycles. The van der Waals surface area contributed by atoms with Gasteiger partial charge in [-0.05, 0) is 67.4 Å². The molecule has 1 N–H and O–H groups in total. The number of nitrogens with one attached hydrogen (secondary N) is 1. The number of amides is 1. The molecule has 4 rings (SSSR count). The Labute approximate surface area is 220 Å². The summed E-state index contributed by atoms with van der Waals surface area (Å²) >= 11 is 12.3. The molecule has 0 spiro atoms. The van der Waals surface area contributed by atoms with Gasteiger partial charge in [0.2, 0.25) is 15.9 Å². The third-order valence-corrected chi connectivity index (χ3v) is 8.50. The molecule has 0 aromatic heterocycles. The van der Waals surface area contributed by atoms with E-state index >= 15 is 0 Å². The number of hydrogen-bond acceptors (Lipinski definition) is 5. The fourth-order valence-corrected chi connectivity index (χ4v) is 6.03. The first-order valence-corrected chi connectivity index (χ1v) is 13.4. The van der Waals surface area contributed by atoms with Crippen LogP contribution in [-0.2, 0) is 14.8 Å². The van der Waals surface area contributed by atoms with Gasteiger partial charge in [-0.25, -0.2) is 8.42 Å². The number of ketones is 1. The molecule has 3 aromatic rings. The van der Waals surface area contributed by atoms with E-state index in [0.717, 1.165) is 0 Å². The van der Waals surface area contributed by atoms with E-state index < -0.39 is 15.9 Å². The van der Waals surface area contributed by atoms with Crippen LogP contribution in [0, 0.1) is 5.92 Å². The average molecular weight is 547 g/mol. The van der Waals surface area contributed by atoms with Crippen molar-refractivity contribution < 1.29 is 22.7 Å². The number of benzene rings is 3. The van der Waals surface area contributed by atoms with Crippen LogP contribution in [0.3, 0.4) is 0 Å². The maximum absolute atomic E-state index is 13.2. The summed E-state index contributed by atoms with van der Waals surface area (Å²) < 4.78 is 32.7. The number of halogens is 2. The molecule has 1 aliphatic heterocycles. The van der Waals surface area contributed by atoms with E-state index in [1.165, 1.54) is 29.6 Å². The van der Waals surface area contributed by atoms with Gasteiger partial charge < -0.3 is 10.1 Å². The van der Waals surface area contributed by atoms with Gasteiger partial charge in [-0.1, -0.05) is 35.3 Å². The molecule has 1 fully saturated rings. The fraction of sp³-hybridized carbons (Fsp3) is 0.231. The highest BCUT2D eigenvalue weighted by atomic mass is 35.5. The highest BCUT2D eigenvalue weighted by Crippen LogP contribution is 2.29. The Morgan fingerprint density at radius 1 is 1.00 bits per heavy atom. The van der Waals surface area contributed by atoms with Crippen molar-refractivity contribution in [3.8, 4) is 5.75 Å². The quantitative estimate of drug-likeness (QED) is 0.407. The minimum atomic E-state index is -3.78. The maximum atomic E-state index is 13.2. The summed E-state index contributed by atoms with van der Waals surface area (Å²) in [4.78, 5) is 26.5. The van der Waals surface area contributed by atoms with E-state index in [1.807, 2.05) is 0 Å². The lowest BCUT2D eigenvalue weighted by Crippen LogP contribution is -2.43. The first kappa shape index (κ1) is 26.2. The number of carbonyl (C=O) groups excluding carboxylic acids is 2. The zero-order chi connectivity index (χ0) is 25.9. The van der Waals surface area contributed by atoms with Crippen molar-refractivity contribution in [3.63, 3.8) is 0 Å². The number of nitrogens with zero attached hydrogens (tertiary/aromatic N) is 1. The van der Waals surface area contributed by atoms with Crippen LogP contribution in [0.25, 0.3) is 0 Å². The molecule has 36 heavy (non-hydrogen) atoms. The molecule has 1 heterocycles. The normalized spacial score (nSPS) is 16.4. The molecule has 188 valence electrons. The van der Waals surface area contributed by atoms with Crippen LogP contribution in [0.2, 0.25) is 10.0 Å². The summed E-state index contributed by atoms with van der Waals surface area (Å²) in [5.41, 5.74) is 0.762. The maximum Gasteiger partial charge on any atom is 0.243 e. The second-order valence-corrected chi connectivity index (χ2v) is 11.1. The third-order valence-electron chi connectivity index (χ3n) is 6.05. The van der Waals surface area contributed by atoms with Gasteiger partial charge in [-0.2, -0.15) is 4.31 Å². The van der Waals surface area contributed by atoms with Gasteiger partial charge in [0.05, 0.1) is 28.6 Å². The summed E-state index contributed by atoms with van der Waals surface area (Å²) in [6.45, 7) is 0.344. The molecule has 0 bridgehead atoms. The van der Waals surface area contributed by atoms with E-state index in [1.54, 1.807) is 48.5 Å². The zero-order valence-electron chi connectivity index (χ0n) is 19.4. The molecule has 1 saturated heterocycles. The first-order valence-electron chi connectivity index (χ1n) is 11.2. The number of anilines is 1. The lowest BCUT2D eigenvalue weighted by molar-refractivity contribution is -0.120. The SMILES string of the molecule is COc1ccc(S(=O)(=O)N2CCCC(C(=O)Nc3ccc(Cl)cc3C(=O)c3ccccc3Cl)C2)cc1. The highest BCUT2D eigenvalue weighted by molar-refractivity contribution is 7.89. The highest BCUT2D eigenvalue weighted by Gasteiger charge is 2.34. The number of piperidine rings is 1. The minimum absolute atomic E-state index is 0.0293. The Bertz CT molecular complexity index is 1390. The van der Waals surface area contributed by atoms with Crippen LogP contribution in [0.15, 0.2) is 71.6 Å². The number of hydrogen-bond donors (Lipinski definition) is 1. The topological polar surface area (TPSA) is 92.8 Å². The van der Waals surface area contributed by atoms with Crippen LogP contribution < -0.4 is 10.1 Å². The molecule has 3 aromatic carbocycles. The summed E-state index contributed by atoms with van der Waals surface area (Å²) in [5.74, 6) is -0.799. The Hall–Kier alpha value is -2.91. The van der Waals surface area contributed by atoms with E-state index in [9.17, 15) is 18.0 Å². The molecule has 0 saturated carbocycles. The number of carbonyl (C=O) groups is 2. The molecule has 1 aliphatic rings. The average Bonchev–Trinajstić information content (AvgIpc) is 2.89. The number of rotatable bonds is 7. The van der Waals surface area contributed by atoms with E-state index in [4.69, 9.17) is 27.9 Å². The molecule has 1 unspecified atom stereocenters. The molecule has 0 radical (unpaired) electrons. The Morgan fingerprint density at radius 3 is 2.42 bits per heavy atom. The monoisotopic (exact) mass is 546 g/mol. The van der Waals surface area contributed by atoms with Gasteiger partial charge in [-0.15, -0.1) is 0 Å². The fourth-order valence-electron chi connectivity index (χ4n) is 4.11. The van der Waals surface area contributed by atoms with Crippen LogP contribution in [-0.4, -0.2) is 44.6 Å². The summed E-state index contributed by atoms with van der Waals surface area (Å²) in [7, 11) is -2.28.